The summed E-state index contributed by atoms with van der Waals surface area (Å²) >= 11 is 0. The molecule has 0 unspecified atom stereocenters. The van der Waals surface area contributed by atoms with E-state index in [2.05, 4.69) is 10.5 Å². The summed E-state index contributed by atoms with van der Waals surface area (Å²) in [4.78, 5) is 24.6. The van der Waals surface area contributed by atoms with Gasteiger partial charge in [-0.25, -0.2) is 10.2 Å². The number of nitrogens with zero attached hydrogens (tertiary/aromatic N) is 2. The van der Waals surface area contributed by atoms with Crippen LogP contribution in [0.5, 0.6) is 17.2 Å². The molecule has 0 fully saturated rings. The highest BCUT2D eigenvalue weighted by Gasteiger charge is 2.20. The number of aromatic nitrogens is 1. The maximum atomic E-state index is 12.4. The second kappa shape index (κ2) is 10.5. The van der Waals surface area contributed by atoms with Crippen molar-refractivity contribution in [3.63, 3.8) is 0 Å². The lowest BCUT2D eigenvalue weighted by molar-refractivity contribution is -0.123. The Morgan fingerprint density at radius 3 is 2.55 bits per heavy atom. The van der Waals surface area contributed by atoms with Crippen LogP contribution in [0.4, 0.5) is 0 Å². The second-order valence-corrected chi connectivity index (χ2v) is 7.11. The number of hydrazone groups is 1. The minimum absolute atomic E-state index is 0.251. The van der Waals surface area contributed by atoms with Gasteiger partial charge in [-0.2, -0.15) is 5.10 Å². The Balaban J connectivity index is 1.68. The zero-order valence-electron chi connectivity index (χ0n) is 19.3. The Morgan fingerprint density at radius 2 is 1.85 bits per heavy atom. The van der Waals surface area contributed by atoms with Crippen LogP contribution in [-0.2, 0) is 16.6 Å². The van der Waals surface area contributed by atoms with Gasteiger partial charge in [0.1, 0.15) is 17.2 Å². The van der Waals surface area contributed by atoms with Crippen molar-refractivity contribution in [3.8, 4) is 17.2 Å². The number of fused-ring (bicyclic) bond motifs is 1. The van der Waals surface area contributed by atoms with Crippen molar-refractivity contribution in [2.45, 2.75) is 13.8 Å². The van der Waals surface area contributed by atoms with Crippen LogP contribution in [0.2, 0.25) is 0 Å². The first-order valence-corrected chi connectivity index (χ1v) is 10.3. The number of ether oxygens (including phenoxy) is 4. The molecule has 0 spiro atoms. The smallest absolute Gasteiger partial charge is 0.340 e. The Labute approximate surface area is 191 Å². The summed E-state index contributed by atoms with van der Waals surface area (Å²) in [6.07, 6.45) is 1.46. The van der Waals surface area contributed by atoms with Crippen LogP contribution in [0, 0.1) is 6.92 Å². The predicted molar refractivity (Wildman–Crippen MR) is 124 cm³/mol. The molecule has 0 aliphatic heterocycles. The molecule has 0 aliphatic rings. The van der Waals surface area contributed by atoms with Crippen molar-refractivity contribution in [1.82, 2.24) is 9.99 Å². The quantitative estimate of drug-likeness (QED) is 0.303. The van der Waals surface area contributed by atoms with Crippen molar-refractivity contribution < 1.29 is 28.5 Å². The number of carbonyl (C=O) groups excluding carboxylic acids is 2. The third-order valence-electron chi connectivity index (χ3n) is 5.14. The minimum Gasteiger partial charge on any atom is -0.497 e. The molecule has 0 saturated heterocycles. The SMILES string of the molecule is CCOC(=O)c1c(C)n(C)c2ccc(OCC(=O)N/N=C\c3cc(OC)ccc3OC)cc12. The van der Waals surface area contributed by atoms with Crippen LogP contribution in [0.25, 0.3) is 10.9 Å². The van der Waals surface area contributed by atoms with E-state index >= 15 is 0 Å². The zero-order chi connectivity index (χ0) is 24.0. The lowest BCUT2D eigenvalue weighted by Crippen LogP contribution is -2.24. The van der Waals surface area contributed by atoms with E-state index in [4.69, 9.17) is 18.9 Å². The van der Waals surface area contributed by atoms with E-state index in [0.717, 1.165) is 11.2 Å². The highest BCUT2D eigenvalue weighted by atomic mass is 16.5. The van der Waals surface area contributed by atoms with E-state index < -0.39 is 11.9 Å². The number of carbonyl (C=O) groups is 2. The van der Waals surface area contributed by atoms with Crippen molar-refractivity contribution >= 4 is 29.0 Å². The largest absolute Gasteiger partial charge is 0.497 e. The first-order chi connectivity index (χ1) is 15.9. The van der Waals surface area contributed by atoms with Gasteiger partial charge in [-0.15, -0.1) is 0 Å². The van der Waals surface area contributed by atoms with Crippen molar-refractivity contribution in [3.05, 3.63) is 53.2 Å². The molecule has 174 valence electrons. The van der Waals surface area contributed by atoms with Crippen LogP contribution in [0.3, 0.4) is 0 Å². The van der Waals surface area contributed by atoms with E-state index in [1.165, 1.54) is 6.21 Å². The van der Waals surface area contributed by atoms with Gasteiger partial charge >= 0.3 is 5.97 Å². The number of hydrogen-bond acceptors (Lipinski definition) is 7. The summed E-state index contributed by atoms with van der Waals surface area (Å²) in [5, 5.41) is 4.66. The van der Waals surface area contributed by atoms with Gasteiger partial charge in [-0.3, -0.25) is 4.79 Å². The van der Waals surface area contributed by atoms with E-state index in [-0.39, 0.29) is 13.2 Å². The number of aryl methyl sites for hydroxylation is 1. The predicted octanol–water partition coefficient (Wildman–Crippen LogP) is 3.21. The van der Waals surface area contributed by atoms with Crippen molar-refractivity contribution in [1.29, 1.82) is 0 Å². The zero-order valence-corrected chi connectivity index (χ0v) is 19.3. The molecule has 1 aromatic heterocycles. The maximum absolute atomic E-state index is 12.4. The van der Waals surface area contributed by atoms with Gasteiger partial charge in [0.05, 0.1) is 32.6 Å². The van der Waals surface area contributed by atoms with Crippen LogP contribution < -0.4 is 19.6 Å². The summed E-state index contributed by atoms with van der Waals surface area (Å²) < 4.78 is 23.2. The van der Waals surface area contributed by atoms with E-state index in [1.54, 1.807) is 51.5 Å². The molecule has 1 amide bonds. The number of hydrogen-bond donors (Lipinski definition) is 1. The minimum atomic E-state index is -0.442. The van der Waals surface area contributed by atoms with Gasteiger partial charge in [0.15, 0.2) is 6.61 Å². The van der Waals surface area contributed by atoms with E-state index in [1.807, 2.05) is 24.6 Å². The highest BCUT2D eigenvalue weighted by molar-refractivity contribution is 6.06. The lowest BCUT2D eigenvalue weighted by atomic mass is 10.1. The summed E-state index contributed by atoms with van der Waals surface area (Å²) in [5.74, 6) is 0.850. The van der Waals surface area contributed by atoms with Crippen molar-refractivity contribution in [2.24, 2.45) is 12.1 Å². The molecule has 0 radical (unpaired) electrons. The molecule has 0 saturated carbocycles. The summed E-state index contributed by atoms with van der Waals surface area (Å²) in [6.45, 7) is 3.65. The second-order valence-electron chi connectivity index (χ2n) is 7.11. The molecule has 3 rings (SSSR count). The Morgan fingerprint density at radius 1 is 1.09 bits per heavy atom. The molecule has 1 heterocycles. The molecule has 33 heavy (non-hydrogen) atoms. The molecular weight excluding hydrogens is 426 g/mol. The standard InChI is InChI=1S/C24H27N3O6/c1-6-32-24(29)23-15(2)27(3)20-9-7-18(12-19(20)23)33-14-22(28)26-25-13-16-11-17(30-4)8-10-21(16)31-5/h7-13H,6,14H2,1-5H3,(H,26,28)/b25-13-. The Hall–Kier alpha value is -4.01. The summed E-state index contributed by atoms with van der Waals surface area (Å²) in [6, 6.07) is 10.6. The van der Waals surface area contributed by atoms with Crippen molar-refractivity contribution in [2.75, 3.05) is 27.4 Å². The summed E-state index contributed by atoms with van der Waals surface area (Å²) in [7, 11) is 4.99. The maximum Gasteiger partial charge on any atom is 0.340 e. The Kier molecular flexibility index (Phi) is 7.55. The monoisotopic (exact) mass is 453 g/mol. The summed E-state index contributed by atoms with van der Waals surface area (Å²) in [5.41, 5.74) is 5.21. The van der Waals surface area contributed by atoms with Gasteiger partial charge in [-0.1, -0.05) is 0 Å². The van der Waals surface area contributed by atoms with Crippen LogP contribution in [0.1, 0.15) is 28.5 Å². The fourth-order valence-electron chi connectivity index (χ4n) is 3.40. The molecule has 0 aliphatic carbocycles. The van der Waals surface area contributed by atoms with Crippen LogP contribution in [0.15, 0.2) is 41.5 Å². The molecule has 9 nitrogen and oxygen atoms in total. The van der Waals surface area contributed by atoms with Gasteiger partial charge in [0, 0.05) is 29.2 Å². The average Bonchev–Trinajstić information content (AvgIpc) is 3.07. The van der Waals surface area contributed by atoms with Gasteiger partial charge in [0.25, 0.3) is 5.91 Å². The Bertz CT molecular complexity index is 1200. The third-order valence-corrected chi connectivity index (χ3v) is 5.14. The number of rotatable bonds is 9. The molecule has 3 aromatic rings. The first kappa shape index (κ1) is 23.6. The number of amides is 1. The highest BCUT2D eigenvalue weighted by Crippen LogP contribution is 2.29. The van der Waals surface area contributed by atoms with E-state index in [0.29, 0.717) is 33.8 Å². The normalized spacial score (nSPS) is 10.9. The molecular formula is C24H27N3O6. The number of esters is 1. The van der Waals surface area contributed by atoms with Crippen LogP contribution in [-0.4, -0.2) is 50.1 Å². The first-order valence-electron chi connectivity index (χ1n) is 10.3. The molecule has 0 bridgehead atoms. The fourth-order valence-corrected chi connectivity index (χ4v) is 3.40. The molecule has 2 aromatic carbocycles. The number of methoxy groups -OCH3 is 2. The molecule has 9 heteroatoms. The van der Waals surface area contributed by atoms with Gasteiger partial charge in [-0.05, 0) is 50.2 Å². The number of nitrogens with one attached hydrogen (secondary N) is 1. The average molecular weight is 453 g/mol. The van der Waals surface area contributed by atoms with E-state index in [9.17, 15) is 9.59 Å². The number of benzene rings is 2. The van der Waals surface area contributed by atoms with Gasteiger partial charge in [0.2, 0.25) is 0 Å². The molecule has 1 N–H and O–H groups in total. The fraction of sp³-hybridized carbons (Fsp3) is 0.292. The third kappa shape index (κ3) is 5.25. The lowest BCUT2D eigenvalue weighted by Gasteiger charge is -2.07. The molecule has 0 atom stereocenters. The van der Waals surface area contributed by atoms with Crippen LogP contribution >= 0.6 is 0 Å². The topological polar surface area (TPSA) is 100 Å². The van der Waals surface area contributed by atoms with Gasteiger partial charge < -0.3 is 23.5 Å².